The molecule has 2 aromatic rings. The molecule has 0 unspecified atom stereocenters. The number of hydrogen-bond donors (Lipinski definition) is 1. The van der Waals surface area contributed by atoms with Crippen molar-refractivity contribution in [3.8, 4) is 0 Å². The lowest BCUT2D eigenvalue weighted by molar-refractivity contribution is -0.133. The Morgan fingerprint density at radius 1 is 1.12 bits per heavy atom. The van der Waals surface area contributed by atoms with Gasteiger partial charge in [-0.1, -0.05) is 24.3 Å². The van der Waals surface area contributed by atoms with E-state index < -0.39 is 5.92 Å². The van der Waals surface area contributed by atoms with Gasteiger partial charge in [0.15, 0.2) is 0 Å². The fraction of sp³-hybridized carbons (Fsp3) is 0.381. The summed E-state index contributed by atoms with van der Waals surface area (Å²) in [6.45, 7) is 1.46. The van der Waals surface area contributed by atoms with Crippen molar-refractivity contribution in [3.63, 3.8) is 0 Å². The maximum atomic E-state index is 12.4. The van der Waals surface area contributed by atoms with Crippen LogP contribution >= 0.6 is 0 Å². The number of nitrogens with zero attached hydrogens (tertiary/aromatic N) is 1. The molecule has 134 valence electrons. The zero-order valence-electron chi connectivity index (χ0n) is 14.6. The fourth-order valence-corrected chi connectivity index (χ4v) is 3.91. The van der Waals surface area contributed by atoms with Crippen molar-refractivity contribution in [1.82, 2.24) is 5.32 Å². The Labute approximate surface area is 152 Å². The Hall–Kier alpha value is -2.53. The average molecular weight is 350 g/mol. The fourth-order valence-electron chi connectivity index (χ4n) is 3.91. The number of rotatable bonds is 4. The van der Waals surface area contributed by atoms with Crippen molar-refractivity contribution < 1.29 is 14.0 Å². The average Bonchev–Trinajstić information content (AvgIpc) is 3.19. The third-order valence-electron chi connectivity index (χ3n) is 5.29. The van der Waals surface area contributed by atoms with Crippen LogP contribution in [-0.2, 0) is 16.0 Å². The summed E-state index contributed by atoms with van der Waals surface area (Å²) < 4.78 is 5.35. The van der Waals surface area contributed by atoms with Gasteiger partial charge in [-0.05, 0) is 36.2 Å². The molecule has 1 aliphatic carbocycles. The third-order valence-corrected chi connectivity index (χ3v) is 5.29. The van der Waals surface area contributed by atoms with Gasteiger partial charge >= 0.3 is 0 Å². The highest BCUT2D eigenvalue weighted by Gasteiger charge is 2.36. The van der Waals surface area contributed by atoms with Crippen LogP contribution in [0, 0.1) is 5.92 Å². The number of fused-ring (bicyclic) bond motifs is 1. The van der Waals surface area contributed by atoms with Gasteiger partial charge in [-0.2, -0.15) is 0 Å². The van der Waals surface area contributed by atoms with Gasteiger partial charge in [0, 0.05) is 25.0 Å². The van der Waals surface area contributed by atoms with Crippen LogP contribution < -0.4 is 5.32 Å². The molecular formula is C21H22N2O3. The molecule has 0 radical (unpaired) electrons. The first-order chi connectivity index (χ1) is 12.7. The summed E-state index contributed by atoms with van der Waals surface area (Å²) in [5.41, 5.74) is 2.60. The second kappa shape index (κ2) is 7.38. The van der Waals surface area contributed by atoms with E-state index in [-0.39, 0.29) is 23.5 Å². The number of nitrogens with one attached hydrogen (secondary N) is 1. The topological polar surface area (TPSA) is 71.7 Å². The van der Waals surface area contributed by atoms with Crippen molar-refractivity contribution in [2.45, 2.75) is 31.2 Å². The number of aliphatic imine (C=N–C) groups is 1. The summed E-state index contributed by atoms with van der Waals surface area (Å²) in [5, 5.41) is 3.47. The van der Waals surface area contributed by atoms with Crippen molar-refractivity contribution >= 4 is 17.8 Å². The van der Waals surface area contributed by atoms with E-state index in [1.54, 1.807) is 18.5 Å². The van der Waals surface area contributed by atoms with Crippen molar-refractivity contribution in [2.24, 2.45) is 10.9 Å². The Morgan fingerprint density at radius 2 is 1.92 bits per heavy atom. The second-order valence-electron chi connectivity index (χ2n) is 7.00. The third kappa shape index (κ3) is 3.40. The van der Waals surface area contributed by atoms with E-state index in [0.29, 0.717) is 25.1 Å². The molecule has 2 heterocycles. The molecule has 1 aromatic heterocycles. The summed E-state index contributed by atoms with van der Waals surface area (Å²) in [4.78, 5) is 29.3. The Morgan fingerprint density at radius 3 is 2.69 bits per heavy atom. The predicted molar refractivity (Wildman–Crippen MR) is 98.4 cm³/mol. The lowest BCUT2D eigenvalue weighted by Gasteiger charge is -2.26. The summed E-state index contributed by atoms with van der Waals surface area (Å²) in [7, 11) is 0. The van der Waals surface area contributed by atoms with E-state index in [1.807, 2.05) is 12.1 Å². The molecule has 1 aliphatic heterocycles. The first-order valence-electron chi connectivity index (χ1n) is 9.12. The maximum absolute atomic E-state index is 12.4. The van der Waals surface area contributed by atoms with Crippen molar-refractivity contribution in [2.75, 3.05) is 13.1 Å². The molecule has 0 spiro atoms. The minimum Gasteiger partial charge on any atom is -0.469 e. The summed E-state index contributed by atoms with van der Waals surface area (Å²) in [6, 6.07) is 12.1. The van der Waals surface area contributed by atoms with Crippen LogP contribution in [0.15, 0.2) is 52.1 Å². The molecule has 1 saturated carbocycles. The molecule has 1 N–H and O–H groups in total. The SMILES string of the molecule is O=C1CC(c2ccco2)CC(=O)C1C=NC[C@H]1NCCc2ccccc21. The van der Waals surface area contributed by atoms with Crippen LogP contribution in [0.25, 0.3) is 0 Å². The number of Topliss-reactive ketones (excluding diaryl/α,β-unsaturated/α-hetero) is 2. The van der Waals surface area contributed by atoms with Crippen LogP contribution in [0.3, 0.4) is 0 Å². The van der Waals surface area contributed by atoms with Gasteiger partial charge in [0.05, 0.1) is 18.8 Å². The van der Waals surface area contributed by atoms with E-state index in [1.165, 1.54) is 11.1 Å². The highest BCUT2D eigenvalue weighted by atomic mass is 16.3. The lowest BCUT2D eigenvalue weighted by atomic mass is 9.79. The largest absolute Gasteiger partial charge is 0.469 e. The zero-order chi connectivity index (χ0) is 17.9. The Bertz CT molecular complexity index is 808. The van der Waals surface area contributed by atoms with Gasteiger partial charge < -0.3 is 9.73 Å². The van der Waals surface area contributed by atoms with Gasteiger partial charge in [0.25, 0.3) is 0 Å². The van der Waals surface area contributed by atoms with Crippen molar-refractivity contribution in [3.05, 3.63) is 59.5 Å². The van der Waals surface area contributed by atoms with Crippen LogP contribution in [0.4, 0.5) is 0 Å². The van der Waals surface area contributed by atoms with E-state index in [9.17, 15) is 9.59 Å². The van der Waals surface area contributed by atoms with E-state index >= 15 is 0 Å². The number of ketones is 2. The number of hydrogen-bond acceptors (Lipinski definition) is 5. The number of benzene rings is 1. The van der Waals surface area contributed by atoms with Crippen LogP contribution in [0.2, 0.25) is 0 Å². The predicted octanol–water partition coefficient (Wildman–Crippen LogP) is 2.87. The van der Waals surface area contributed by atoms with Crippen LogP contribution in [-0.4, -0.2) is 30.9 Å². The molecule has 0 amide bonds. The summed E-state index contributed by atoms with van der Waals surface area (Å²) in [6.07, 6.45) is 4.82. The molecule has 5 heteroatoms. The zero-order valence-corrected chi connectivity index (χ0v) is 14.6. The molecule has 2 aliphatic rings. The highest BCUT2D eigenvalue weighted by Crippen LogP contribution is 2.31. The van der Waals surface area contributed by atoms with E-state index in [4.69, 9.17) is 4.42 Å². The summed E-state index contributed by atoms with van der Waals surface area (Å²) >= 11 is 0. The van der Waals surface area contributed by atoms with Gasteiger partial charge in [-0.15, -0.1) is 0 Å². The van der Waals surface area contributed by atoms with Gasteiger partial charge in [-0.25, -0.2) is 0 Å². The monoisotopic (exact) mass is 350 g/mol. The van der Waals surface area contributed by atoms with E-state index in [2.05, 4.69) is 28.5 Å². The second-order valence-corrected chi connectivity index (χ2v) is 7.00. The maximum Gasteiger partial charge on any atom is 0.149 e. The molecule has 0 bridgehead atoms. The molecular weight excluding hydrogens is 328 g/mol. The lowest BCUT2D eigenvalue weighted by Crippen LogP contribution is -2.34. The van der Waals surface area contributed by atoms with E-state index in [0.717, 1.165) is 13.0 Å². The molecule has 26 heavy (non-hydrogen) atoms. The molecule has 5 nitrogen and oxygen atoms in total. The Balaban J connectivity index is 1.40. The number of carbonyl (C=O) groups is 2. The normalized spacial score (nSPS) is 26.2. The number of carbonyl (C=O) groups excluding carboxylic acids is 2. The molecule has 1 aromatic carbocycles. The highest BCUT2D eigenvalue weighted by molar-refractivity contribution is 6.16. The van der Waals surface area contributed by atoms with Crippen LogP contribution in [0.5, 0.6) is 0 Å². The minimum absolute atomic E-state index is 0.0663. The van der Waals surface area contributed by atoms with Gasteiger partial charge in [0.1, 0.15) is 23.2 Å². The summed E-state index contributed by atoms with van der Waals surface area (Å²) in [5.74, 6) is -0.265. The first kappa shape index (κ1) is 16.9. The Kier molecular flexibility index (Phi) is 4.80. The first-order valence-corrected chi connectivity index (χ1v) is 9.12. The number of furan rings is 1. The molecule has 1 atom stereocenters. The smallest absolute Gasteiger partial charge is 0.149 e. The quantitative estimate of drug-likeness (QED) is 0.680. The van der Waals surface area contributed by atoms with Gasteiger partial charge in [0.2, 0.25) is 0 Å². The van der Waals surface area contributed by atoms with Crippen LogP contribution in [0.1, 0.15) is 41.7 Å². The standard InChI is InChI=1S/C21H22N2O3/c24-19-10-15(21-6-3-9-26-21)11-20(25)17(19)12-22-13-18-16-5-2-1-4-14(16)7-8-23-18/h1-6,9,12,15,17-18,23H,7-8,10-11,13H2/t15?,17?,18-/m1/s1. The van der Waals surface area contributed by atoms with Crippen molar-refractivity contribution in [1.29, 1.82) is 0 Å². The molecule has 0 saturated heterocycles. The molecule has 1 fully saturated rings. The van der Waals surface area contributed by atoms with Gasteiger partial charge in [-0.3, -0.25) is 14.6 Å². The molecule has 4 rings (SSSR count). The minimum atomic E-state index is -0.708.